The summed E-state index contributed by atoms with van der Waals surface area (Å²) < 4.78 is 4.73. The second kappa shape index (κ2) is 6.69. The van der Waals surface area contributed by atoms with Crippen LogP contribution >= 0.6 is 0 Å². The molecule has 0 bridgehead atoms. The van der Waals surface area contributed by atoms with Crippen LogP contribution in [0.4, 0.5) is 0 Å². The number of rotatable bonds is 5. The summed E-state index contributed by atoms with van der Waals surface area (Å²) in [6.07, 6.45) is 0.737. The fraction of sp³-hybridized carbons (Fsp3) is 0.714. The summed E-state index contributed by atoms with van der Waals surface area (Å²) >= 11 is 0. The Morgan fingerprint density at radius 1 is 1.38 bits per heavy atom. The van der Waals surface area contributed by atoms with Gasteiger partial charge in [0.1, 0.15) is 11.9 Å². The lowest BCUT2D eigenvalue weighted by Crippen LogP contribution is -2.46. The Morgan fingerprint density at radius 2 is 2.00 bits per heavy atom. The van der Waals surface area contributed by atoms with Crippen LogP contribution in [0.3, 0.4) is 0 Å². The van der Waals surface area contributed by atoms with Crippen LogP contribution in [0.15, 0.2) is 0 Å². The molecule has 2 N–H and O–H groups in total. The van der Waals surface area contributed by atoms with Crippen molar-refractivity contribution in [3.8, 4) is 0 Å². The number of carbonyl (C=O) groups excluding carboxylic acids is 2. The summed E-state index contributed by atoms with van der Waals surface area (Å²) in [6.45, 7) is 9.71. The van der Waals surface area contributed by atoms with E-state index in [1.54, 1.807) is 0 Å². The lowest BCUT2D eigenvalue weighted by atomic mass is 9.96. The van der Waals surface area contributed by atoms with E-state index in [9.17, 15) is 9.59 Å². The summed E-state index contributed by atoms with van der Waals surface area (Å²) in [5.74, 6) is -0.355. The van der Waals surface area contributed by atoms with Crippen LogP contribution in [0.25, 0.3) is 0 Å². The maximum atomic E-state index is 12.2. The zero-order valence-corrected chi connectivity index (χ0v) is 13.5. The summed E-state index contributed by atoms with van der Waals surface area (Å²) in [5, 5.41) is 9.29. The molecule has 7 heteroatoms. The minimum absolute atomic E-state index is 0.0251. The lowest BCUT2D eigenvalue weighted by molar-refractivity contribution is -0.144. The predicted molar refractivity (Wildman–Crippen MR) is 77.8 cm³/mol. The summed E-state index contributed by atoms with van der Waals surface area (Å²) in [5.41, 5.74) is -0.232. The van der Waals surface area contributed by atoms with E-state index in [1.807, 2.05) is 34.6 Å². The molecule has 0 radical (unpaired) electrons. The van der Waals surface area contributed by atoms with E-state index in [1.165, 1.54) is 7.11 Å². The molecule has 21 heavy (non-hydrogen) atoms. The van der Waals surface area contributed by atoms with E-state index < -0.39 is 17.9 Å². The summed E-state index contributed by atoms with van der Waals surface area (Å²) in [7, 11) is 1.30. The number of hydrogen-bond donors (Lipinski definition) is 2. The Morgan fingerprint density at radius 3 is 2.43 bits per heavy atom. The van der Waals surface area contributed by atoms with Gasteiger partial charge < -0.3 is 10.1 Å². The van der Waals surface area contributed by atoms with Crippen LogP contribution in [-0.4, -0.2) is 40.2 Å². The molecule has 1 aromatic heterocycles. The molecule has 1 heterocycles. The lowest BCUT2D eigenvalue weighted by Gasteiger charge is -2.21. The zero-order chi connectivity index (χ0) is 16.2. The van der Waals surface area contributed by atoms with Crippen molar-refractivity contribution >= 4 is 11.9 Å². The number of methoxy groups -OCH3 is 1. The van der Waals surface area contributed by atoms with Gasteiger partial charge in [0, 0.05) is 5.41 Å². The first-order valence-electron chi connectivity index (χ1n) is 7.02. The number of ether oxygens (including phenoxy) is 1. The maximum Gasteiger partial charge on any atom is 0.328 e. The second-order valence-electron chi connectivity index (χ2n) is 6.12. The van der Waals surface area contributed by atoms with Gasteiger partial charge >= 0.3 is 5.97 Å². The van der Waals surface area contributed by atoms with E-state index in [0.717, 1.165) is 6.42 Å². The van der Waals surface area contributed by atoms with Gasteiger partial charge in [-0.25, -0.2) is 9.78 Å². The Labute approximate surface area is 124 Å². The second-order valence-corrected chi connectivity index (χ2v) is 6.12. The topological polar surface area (TPSA) is 97.0 Å². The maximum absolute atomic E-state index is 12.2. The molecule has 1 amide bonds. The fourth-order valence-corrected chi connectivity index (χ4v) is 1.70. The van der Waals surface area contributed by atoms with Crippen molar-refractivity contribution in [2.45, 2.75) is 52.5 Å². The standard InChI is InChI=1S/C14H24N4O3/c1-7-8(2)9(12(20)21-6)15-11(19)10-16-13(18-17-10)14(3,4)5/h8-9H,7H2,1-6H3,(H,15,19)(H,16,17,18). The van der Waals surface area contributed by atoms with E-state index in [-0.39, 0.29) is 17.2 Å². The third-order valence-corrected chi connectivity index (χ3v) is 3.35. The zero-order valence-electron chi connectivity index (χ0n) is 13.5. The first-order valence-corrected chi connectivity index (χ1v) is 7.02. The molecule has 7 nitrogen and oxygen atoms in total. The highest BCUT2D eigenvalue weighted by Gasteiger charge is 2.29. The molecule has 0 fully saturated rings. The molecular weight excluding hydrogens is 272 g/mol. The quantitative estimate of drug-likeness (QED) is 0.801. The minimum atomic E-state index is -0.705. The van der Waals surface area contributed by atoms with Crippen LogP contribution in [0.5, 0.6) is 0 Å². The predicted octanol–water partition coefficient (Wildman–Crippen LogP) is 1.42. The normalized spacial score (nSPS) is 14.4. The number of hydrogen-bond acceptors (Lipinski definition) is 5. The van der Waals surface area contributed by atoms with Gasteiger partial charge in [-0.3, -0.25) is 9.89 Å². The highest BCUT2D eigenvalue weighted by atomic mass is 16.5. The van der Waals surface area contributed by atoms with Crippen LogP contribution in [-0.2, 0) is 14.9 Å². The van der Waals surface area contributed by atoms with Crippen LogP contribution < -0.4 is 5.32 Å². The van der Waals surface area contributed by atoms with Crippen LogP contribution in [0.1, 0.15) is 57.5 Å². The number of aromatic nitrogens is 3. The average Bonchev–Trinajstić information content (AvgIpc) is 2.92. The number of aromatic amines is 1. The molecule has 0 aromatic carbocycles. The molecule has 0 aliphatic carbocycles. The molecule has 118 valence electrons. The van der Waals surface area contributed by atoms with Crippen LogP contribution in [0, 0.1) is 5.92 Å². The third-order valence-electron chi connectivity index (χ3n) is 3.35. The Hall–Kier alpha value is -1.92. The van der Waals surface area contributed by atoms with E-state index in [2.05, 4.69) is 20.5 Å². The molecule has 0 spiro atoms. The highest BCUT2D eigenvalue weighted by Crippen LogP contribution is 2.17. The first-order chi connectivity index (χ1) is 9.70. The van der Waals surface area contributed by atoms with Gasteiger partial charge in [0.25, 0.3) is 5.91 Å². The van der Waals surface area contributed by atoms with Crippen molar-refractivity contribution in [1.29, 1.82) is 0 Å². The van der Waals surface area contributed by atoms with Crippen molar-refractivity contribution in [2.75, 3.05) is 7.11 Å². The first kappa shape index (κ1) is 17.1. The SMILES string of the molecule is CCC(C)C(NC(=O)c1n[nH]c(C(C)(C)C)n1)C(=O)OC. The van der Waals surface area contributed by atoms with E-state index in [0.29, 0.717) is 5.82 Å². The minimum Gasteiger partial charge on any atom is -0.467 e. The van der Waals surface area contributed by atoms with Crippen molar-refractivity contribution < 1.29 is 14.3 Å². The van der Waals surface area contributed by atoms with Gasteiger partial charge in [-0.05, 0) is 5.92 Å². The van der Waals surface area contributed by atoms with Gasteiger partial charge in [0.2, 0.25) is 5.82 Å². The average molecular weight is 296 g/mol. The van der Waals surface area contributed by atoms with Crippen molar-refractivity contribution in [3.63, 3.8) is 0 Å². The Bertz CT molecular complexity index is 505. The molecular formula is C14H24N4O3. The fourth-order valence-electron chi connectivity index (χ4n) is 1.70. The molecule has 0 saturated carbocycles. The van der Waals surface area contributed by atoms with Crippen molar-refractivity contribution in [1.82, 2.24) is 20.5 Å². The van der Waals surface area contributed by atoms with Crippen LogP contribution in [0.2, 0.25) is 0 Å². The van der Waals surface area contributed by atoms with E-state index in [4.69, 9.17) is 4.74 Å². The van der Waals surface area contributed by atoms with Crippen molar-refractivity contribution in [2.24, 2.45) is 5.92 Å². The molecule has 0 aliphatic rings. The molecule has 1 rings (SSSR count). The van der Waals surface area contributed by atoms with E-state index >= 15 is 0 Å². The number of nitrogens with zero attached hydrogens (tertiary/aromatic N) is 2. The number of nitrogens with one attached hydrogen (secondary N) is 2. The van der Waals surface area contributed by atoms with Gasteiger partial charge in [-0.15, -0.1) is 5.10 Å². The summed E-state index contributed by atoms with van der Waals surface area (Å²) in [4.78, 5) is 28.1. The number of amides is 1. The monoisotopic (exact) mass is 296 g/mol. The molecule has 2 atom stereocenters. The van der Waals surface area contributed by atoms with Gasteiger partial charge in [0.05, 0.1) is 7.11 Å². The molecule has 2 unspecified atom stereocenters. The number of esters is 1. The molecule has 0 aliphatic heterocycles. The van der Waals surface area contributed by atoms with Gasteiger partial charge in [0.15, 0.2) is 0 Å². The highest BCUT2D eigenvalue weighted by molar-refractivity contribution is 5.93. The van der Waals surface area contributed by atoms with Gasteiger partial charge in [-0.2, -0.15) is 0 Å². The number of H-pyrrole nitrogens is 1. The third kappa shape index (κ3) is 4.27. The molecule has 0 saturated heterocycles. The Kier molecular flexibility index (Phi) is 5.46. The largest absolute Gasteiger partial charge is 0.467 e. The summed E-state index contributed by atoms with van der Waals surface area (Å²) in [6, 6.07) is -0.705. The molecule has 1 aromatic rings. The smallest absolute Gasteiger partial charge is 0.328 e. The number of carbonyl (C=O) groups is 2. The Balaban J connectivity index is 2.87. The van der Waals surface area contributed by atoms with Crippen molar-refractivity contribution in [3.05, 3.63) is 11.6 Å². The van der Waals surface area contributed by atoms with Gasteiger partial charge in [-0.1, -0.05) is 41.0 Å².